The maximum absolute atomic E-state index is 5.62. The van der Waals surface area contributed by atoms with Crippen molar-refractivity contribution in [1.82, 2.24) is 0 Å². The van der Waals surface area contributed by atoms with Crippen molar-refractivity contribution in [2.45, 2.75) is 0 Å². The molecule has 0 spiro atoms. The van der Waals surface area contributed by atoms with Crippen LogP contribution in [0, 0.1) is 12.3 Å². The fourth-order valence-electron chi connectivity index (χ4n) is 1.43. The Bertz CT molecular complexity index is 486. The summed E-state index contributed by atoms with van der Waals surface area (Å²) in [6, 6.07) is 15.7. The first-order valence-electron chi connectivity index (χ1n) is 4.72. The first-order chi connectivity index (χ1) is 7.29. The van der Waals surface area contributed by atoms with E-state index in [1.54, 1.807) is 0 Å². The number of anilines is 1. The van der Waals surface area contributed by atoms with Crippen LogP contribution in [0.2, 0.25) is 0 Å². The van der Waals surface area contributed by atoms with E-state index in [1.807, 2.05) is 48.5 Å². The van der Waals surface area contributed by atoms with Crippen molar-refractivity contribution in [3.8, 4) is 23.5 Å². The Morgan fingerprint density at radius 3 is 1.73 bits per heavy atom. The SMILES string of the molecule is C#Cc1ccc(-c2ccc(N)cc2)cc1. The molecule has 0 aliphatic heterocycles. The summed E-state index contributed by atoms with van der Waals surface area (Å²) in [7, 11) is 0. The minimum atomic E-state index is 0.777. The van der Waals surface area contributed by atoms with Crippen LogP contribution in [0.4, 0.5) is 5.69 Å². The average Bonchev–Trinajstić information content (AvgIpc) is 2.30. The molecular formula is C14H11N. The van der Waals surface area contributed by atoms with Gasteiger partial charge in [-0.3, -0.25) is 0 Å². The smallest absolute Gasteiger partial charge is 0.0314 e. The maximum Gasteiger partial charge on any atom is 0.0314 e. The Morgan fingerprint density at radius 2 is 1.27 bits per heavy atom. The lowest BCUT2D eigenvalue weighted by atomic mass is 10.0. The molecule has 1 heteroatoms. The van der Waals surface area contributed by atoms with E-state index >= 15 is 0 Å². The largest absolute Gasteiger partial charge is 0.399 e. The third-order valence-corrected chi connectivity index (χ3v) is 2.30. The van der Waals surface area contributed by atoms with Gasteiger partial charge in [-0.05, 0) is 35.4 Å². The minimum Gasteiger partial charge on any atom is -0.399 e. The minimum absolute atomic E-state index is 0.777. The Balaban J connectivity index is 2.38. The summed E-state index contributed by atoms with van der Waals surface area (Å²) in [6.07, 6.45) is 5.29. The molecule has 0 bridgehead atoms. The van der Waals surface area contributed by atoms with Crippen LogP contribution in [0.15, 0.2) is 48.5 Å². The van der Waals surface area contributed by atoms with Crippen molar-refractivity contribution >= 4 is 5.69 Å². The van der Waals surface area contributed by atoms with Crippen LogP contribution >= 0.6 is 0 Å². The summed E-state index contributed by atoms with van der Waals surface area (Å²) in [5.41, 5.74) is 9.59. The zero-order chi connectivity index (χ0) is 10.7. The summed E-state index contributed by atoms with van der Waals surface area (Å²) in [5, 5.41) is 0. The molecule has 2 N–H and O–H groups in total. The highest BCUT2D eigenvalue weighted by Gasteiger charge is 1.96. The van der Waals surface area contributed by atoms with Crippen LogP contribution in [-0.2, 0) is 0 Å². The number of benzene rings is 2. The molecule has 2 aromatic carbocycles. The van der Waals surface area contributed by atoms with E-state index < -0.39 is 0 Å². The highest BCUT2D eigenvalue weighted by Crippen LogP contribution is 2.20. The number of nitrogen functional groups attached to an aromatic ring is 1. The van der Waals surface area contributed by atoms with Crippen LogP contribution in [0.5, 0.6) is 0 Å². The molecule has 0 unspecified atom stereocenters. The van der Waals surface area contributed by atoms with Gasteiger partial charge in [-0.25, -0.2) is 0 Å². The van der Waals surface area contributed by atoms with Gasteiger partial charge in [-0.15, -0.1) is 6.42 Å². The van der Waals surface area contributed by atoms with Gasteiger partial charge in [-0.2, -0.15) is 0 Å². The summed E-state index contributed by atoms with van der Waals surface area (Å²) >= 11 is 0. The number of terminal acetylenes is 1. The van der Waals surface area contributed by atoms with E-state index in [4.69, 9.17) is 12.2 Å². The quantitative estimate of drug-likeness (QED) is 0.547. The molecule has 0 heterocycles. The molecule has 0 aromatic heterocycles. The van der Waals surface area contributed by atoms with Crippen molar-refractivity contribution in [1.29, 1.82) is 0 Å². The zero-order valence-electron chi connectivity index (χ0n) is 8.27. The topological polar surface area (TPSA) is 26.0 Å². The van der Waals surface area contributed by atoms with Crippen LogP contribution in [0.1, 0.15) is 5.56 Å². The van der Waals surface area contributed by atoms with E-state index in [0.29, 0.717) is 0 Å². The summed E-state index contributed by atoms with van der Waals surface area (Å²) in [4.78, 5) is 0. The van der Waals surface area contributed by atoms with E-state index in [-0.39, 0.29) is 0 Å². The van der Waals surface area contributed by atoms with Gasteiger partial charge in [0.25, 0.3) is 0 Å². The number of hydrogen-bond acceptors (Lipinski definition) is 1. The molecular weight excluding hydrogens is 182 g/mol. The Morgan fingerprint density at radius 1 is 0.800 bits per heavy atom. The first-order valence-corrected chi connectivity index (χ1v) is 4.72. The molecule has 0 atom stereocenters. The Kier molecular flexibility index (Phi) is 2.43. The molecule has 0 saturated carbocycles. The fourth-order valence-corrected chi connectivity index (χ4v) is 1.43. The molecule has 0 aliphatic carbocycles. The molecule has 0 fully saturated rings. The van der Waals surface area contributed by atoms with Crippen LogP contribution in [0.3, 0.4) is 0 Å². The van der Waals surface area contributed by atoms with Crippen molar-refractivity contribution in [3.63, 3.8) is 0 Å². The second-order valence-electron chi connectivity index (χ2n) is 3.34. The number of rotatable bonds is 1. The van der Waals surface area contributed by atoms with E-state index in [1.165, 1.54) is 0 Å². The van der Waals surface area contributed by atoms with Crippen molar-refractivity contribution in [2.75, 3.05) is 5.73 Å². The lowest BCUT2D eigenvalue weighted by Crippen LogP contribution is -1.84. The molecule has 0 aliphatic rings. The molecule has 72 valence electrons. The predicted octanol–water partition coefficient (Wildman–Crippen LogP) is 2.92. The first kappa shape index (κ1) is 9.36. The lowest BCUT2D eigenvalue weighted by molar-refractivity contribution is 1.59. The fraction of sp³-hybridized carbons (Fsp3) is 0. The van der Waals surface area contributed by atoms with Crippen LogP contribution < -0.4 is 5.73 Å². The summed E-state index contributed by atoms with van der Waals surface area (Å²) in [5.74, 6) is 2.59. The molecule has 0 saturated heterocycles. The van der Waals surface area contributed by atoms with E-state index in [9.17, 15) is 0 Å². The maximum atomic E-state index is 5.62. The second-order valence-corrected chi connectivity index (χ2v) is 3.34. The molecule has 0 radical (unpaired) electrons. The molecule has 2 aromatic rings. The van der Waals surface area contributed by atoms with Gasteiger partial charge in [0.2, 0.25) is 0 Å². The third kappa shape index (κ3) is 2.00. The van der Waals surface area contributed by atoms with Gasteiger partial charge in [0.05, 0.1) is 0 Å². The van der Waals surface area contributed by atoms with Gasteiger partial charge in [-0.1, -0.05) is 30.2 Å². The molecule has 15 heavy (non-hydrogen) atoms. The number of nitrogens with two attached hydrogens (primary N) is 1. The monoisotopic (exact) mass is 193 g/mol. The highest BCUT2D eigenvalue weighted by molar-refractivity contribution is 5.66. The third-order valence-electron chi connectivity index (χ3n) is 2.30. The van der Waals surface area contributed by atoms with Crippen molar-refractivity contribution in [2.24, 2.45) is 0 Å². The van der Waals surface area contributed by atoms with Gasteiger partial charge in [0.1, 0.15) is 0 Å². The number of hydrogen-bond donors (Lipinski definition) is 1. The summed E-state index contributed by atoms with van der Waals surface area (Å²) in [6.45, 7) is 0. The standard InChI is InChI=1S/C14H11N/c1-2-11-3-5-12(6-4-11)13-7-9-14(15)10-8-13/h1,3-10H,15H2. The van der Waals surface area contributed by atoms with Gasteiger partial charge >= 0.3 is 0 Å². The molecule has 2 rings (SSSR count). The Labute approximate surface area is 89.6 Å². The molecule has 0 amide bonds. The average molecular weight is 193 g/mol. The zero-order valence-corrected chi connectivity index (χ0v) is 8.27. The van der Waals surface area contributed by atoms with E-state index in [0.717, 1.165) is 22.4 Å². The van der Waals surface area contributed by atoms with Crippen molar-refractivity contribution < 1.29 is 0 Å². The van der Waals surface area contributed by atoms with Crippen molar-refractivity contribution in [3.05, 3.63) is 54.1 Å². The predicted molar refractivity (Wildman–Crippen MR) is 64.2 cm³/mol. The molecule has 1 nitrogen and oxygen atoms in total. The van der Waals surface area contributed by atoms with Gasteiger partial charge in [0, 0.05) is 11.3 Å². The Hall–Kier alpha value is -2.20. The second kappa shape index (κ2) is 3.89. The van der Waals surface area contributed by atoms with Gasteiger partial charge in [0.15, 0.2) is 0 Å². The van der Waals surface area contributed by atoms with E-state index in [2.05, 4.69) is 5.92 Å². The van der Waals surface area contributed by atoms with Crippen LogP contribution in [-0.4, -0.2) is 0 Å². The normalized spacial score (nSPS) is 9.53. The highest BCUT2D eigenvalue weighted by atomic mass is 14.5. The van der Waals surface area contributed by atoms with Crippen LogP contribution in [0.25, 0.3) is 11.1 Å². The van der Waals surface area contributed by atoms with Gasteiger partial charge < -0.3 is 5.73 Å². The summed E-state index contributed by atoms with van der Waals surface area (Å²) < 4.78 is 0. The lowest BCUT2D eigenvalue weighted by Gasteiger charge is -2.02.